The molecule has 0 aromatic rings. The number of hydrogen-bond donors (Lipinski definition) is 3. The number of hydrogen-bond acceptors (Lipinski definition) is 3. The van der Waals surface area contributed by atoms with Gasteiger partial charge in [0.2, 0.25) is 11.8 Å². The molecule has 2 amide bonds. The van der Waals surface area contributed by atoms with Crippen molar-refractivity contribution in [2.45, 2.75) is 39.2 Å². The molecule has 0 aliphatic carbocycles. The highest BCUT2D eigenvalue weighted by Crippen LogP contribution is 2.14. The van der Waals surface area contributed by atoms with Crippen LogP contribution in [-0.2, 0) is 9.59 Å². The minimum Gasteiger partial charge on any atom is -0.359 e. The lowest BCUT2D eigenvalue weighted by atomic mass is 9.91. The molecule has 0 bridgehead atoms. The van der Waals surface area contributed by atoms with Crippen molar-refractivity contribution in [2.24, 2.45) is 5.41 Å². The van der Waals surface area contributed by atoms with Crippen LogP contribution in [0.15, 0.2) is 0 Å². The molecular weight excluding hydrogens is 218 g/mol. The number of rotatable bonds is 4. The van der Waals surface area contributed by atoms with Crippen LogP contribution in [0.3, 0.4) is 0 Å². The van der Waals surface area contributed by atoms with Gasteiger partial charge in [0.05, 0.1) is 11.5 Å². The quantitative estimate of drug-likeness (QED) is 0.650. The molecule has 1 rings (SSSR count). The van der Waals surface area contributed by atoms with Gasteiger partial charge in [-0.3, -0.25) is 9.59 Å². The first kappa shape index (κ1) is 14.0. The Balaban J connectivity index is 2.48. The summed E-state index contributed by atoms with van der Waals surface area (Å²) in [6.45, 7) is 5.00. The molecule has 0 saturated carbocycles. The zero-order valence-corrected chi connectivity index (χ0v) is 10.9. The first-order valence-corrected chi connectivity index (χ1v) is 6.20. The monoisotopic (exact) mass is 241 g/mol. The van der Waals surface area contributed by atoms with Crippen molar-refractivity contribution in [3.8, 4) is 0 Å². The van der Waals surface area contributed by atoms with Crippen LogP contribution in [0.25, 0.3) is 0 Å². The Labute approximate surface area is 103 Å². The van der Waals surface area contributed by atoms with Gasteiger partial charge in [-0.05, 0) is 33.1 Å². The first-order chi connectivity index (χ1) is 7.97. The Morgan fingerprint density at radius 2 is 2.18 bits per heavy atom. The average Bonchev–Trinajstić information content (AvgIpc) is 2.50. The van der Waals surface area contributed by atoms with E-state index in [0.717, 1.165) is 25.8 Å². The van der Waals surface area contributed by atoms with E-state index in [4.69, 9.17) is 0 Å². The van der Waals surface area contributed by atoms with E-state index in [1.54, 1.807) is 7.05 Å². The second kappa shape index (κ2) is 6.00. The molecule has 5 nitrogen and oxygen atoms in total. The molecule has 1 saturated heterocycles. The van der Waals surface area contributed by atoms with E-state index in [1.165, 1.54) is 0 Å². The van der Waals surface area contributed by atoms with Gasteiger partial charge in [-0.2, -0.15) is 0 Å². The molecule has 98 valence electrons. The Bertz CT molecular complexity index is 289. The molecule has 0 radical (unpaired) electrons. The molecule has 17 heavy (non-hydrogen) atoms. The molecule has 1 unspecified atom stereocenters. The van der Waals surface area contributed by atoms with Crippen LogP contribution >= 0.6 is 0 Å². The largest absolute Gasteiger partial charge is 0.359 e. The number of nitrogens with one attached hydrogen (secondary N) is 3. The topological polar surface area (TPSA) is 70.2 Å². The van der Waals surface area contributed by atoms with Gasteiger partial charge in [0.15, 0.2) is 0 Å². The van der Waals surface area contributed by atoms with Crippen molar-refractivity contribution in [3.63, 3.8) is 0 Å². The van der Waals surface area contributed by atoms with Gasteiger partial charge in [0, 0.05) is 20.1 Å². The normalized spacial score (nSPS) is 21.6. The zero-order chi connectivity index (χ0) is 12.9. The van der Waals surface area contributed by atoms with Crippen molar-refractivity contribution in [1.29, 1.82) is 0 Å². The lowest BCUT2D eigenvalue weighted by Gasteiger charge is -2.25. The van der Waals surface area contributed by atoms with Crippen LogP contribution in [0, 0.1) is 5.41 Å². The summed E-state index contributed by atoms with van der Waals surface area (Å²) in [5.41, 5.74) is -0.499. The summed E-state index contributed by atoms with van der Waals surface area (Å²) < 4.78 is 0. The summed E-state index contributed by atoms with van der Waals surface area (Å²) in [6, 6.07) is -0.165. The predicted molar refractivity (Wildman–Crippen MR) is 66.5 cm³/mol. The number of carbonyl (C=O) groups is 2. The summed E-state index contributed by atoms with van der Waals surface area (Å²) in [5, 5.41) is 8.70. The Kier molecular flexibility index (Phi) is 4.93. The smallest absolute Gasteiger partial charge is 0.237 e. The standard InChI is InChI=1S/C12H23N3O2/c1-12(2,11(17)13-3)8-15-9-6-4-5-7-14-10(9)16/h9,15H,4-8H2,1-3H3,(H,13,17)(H,14,16). The maximum Gasteiger partial charge on any atom is 0.237 e. The van der Waals surface area contributed by atoms with E-state index in [1.807, 2.05) is 13.8 Å². The summed E-state index contributed by atoms with van der Waals surface area (Å²) in [4.78, 5) is 23.3. The van der Waals surface area contributed by atoms with E-state index < -0.39 is 5.41 Å². The van der Waals surface area contributed by atoms with Crippen LogP contribution in [0.2, 0.25) is 0 Å². The molecule has 1 fully saturated rings. The van der Waals surface area contributed by atoms with Crippen LogP contribution in [0.4, 0.5) is 0 Å². The van der Waals surface area contributed by atoms with Gasteiger partial charge in [-0.15, -0.1) is 0 Å². The third-order valence-corrected chi connectivity index (χ3v) is 3.17. The van der Waals surface area contributed by atoms with Crippen LogP contribution in [-0.4, -0.2) is 38.0 Å². The highest BCUT2D eigenvalue weighted by molar-refractivity contribution is 5.83. The second-order valence-corrected chi connectivity index (χ2v) is 5.18. The molecule has 1 aliphatic heterocycles. The first-order valence-electron chi connectivity index (χ1n) is 6.20. The molecule has 3 N–H and O–H groups in total. The van der Waals surface area contributed by atoms with Crippen molar-refractivity contribution in [3.05, 3.63) is 0 Å². The fourth-order valence-electron chi connectivity index (χ4n) is 1.93. The highest BCUT2D eigenvalue weighted by Gasteiger charge is 2.29. The van der Waals surface area contributed by atoms with E-state index in [0.29, 0.717) is 6.54 Å². The van der Waals surface area contributed by atoms with Gasteiger partial charge in [-0.1, -0.05) is 0 Å². The Hall–Kier alpha value is -1.10. The van der Waals surface area contributed by atoms with Gasteiger partial charge in [0.1, 0.15) is 0 Å². The molecule has 0 aromatic carbocycles. The highest BCUT2D eigenvalue weighted by atomic mass is 16.2. The fraction of sp³-hybridized carbons (Fsp3) is 0.833. The maximum absolute atomic E-state index is 11.7. The summed E-state index contributed by atoms with van der Waals surface area (Å²) in [6.07, 6.45) is 2.91. The van der Waals surface area contributed by atoms with Crippen LogP contribution in [0.5, 0.6) is 0 Å². The molecule has 1 atom stereocenters. The third kappa shape index (κ3) is 4.00. The Morgan fingerprint density at radius 1 is 1.47 bits per heavy atom. The summed E-state index contributed by atoms with van der Waals surface area (Å²) in [5.74, 6) is 0.0363. The third-order valence-electron chi connectivity index (χ3n) is 3.17. The molecule has 5 heteroatoms. The van der Waals surface area contributed by atoms with Gasteiger partial charge in [-0.25, -0.2) is 0 Å². The van der Waals surface area contributed by atoms with Gasteiger partial charge >= 0.3 is 0 Å². The fourth-order valence-corrected chi connectivity index (χ4v) is 1.93. The SMILES string of the molecule is CNC(=O)C(C)(C)CNC1CCCCNC1=O. The van der Waals surface area contributed by atoms with E-state index >= 15 is 0 Å². The minimum atomic E-state index is -0.499. The Morgan fingerprint density at radius 3 is 2.82 bits per heavy atom. The average molecular weight is 241 g/mol. The second-order valence-electron chi connectivity index (χ2n) is 5.18. The molecule has 0 aromatic heterocycles. The van der Waals surface area contributed by atoms with Gasteiger partial charge < -0.3 is 16.0 Å². The molecule has 0 spiro atoms. The van der Waals surface area contributed by atoms with E-state index in [-0.39, 0.29) is 17.9 Å². The molecule has 1 heterocycles. The summed E-state index contributed by atoms with van der Waals surface area (Å²) >= 11 is 0. The minimum absolute atomic E-state index is 0.0148. The van der Waals surface area contributed by atoms with Crippen molar-refractivity contribution in [2.75, 3.05) is 20.1 Å². The van der Waals surface area contributed by atoms with Crippen LogP contribution in [0.1, 0.15) is 33.1 Å². The lowest BCUT2D eigenvalue weighted by Crippen LogP contribution is -2.49. The summed E-state index contributed by atoms with van der Waals surface area (Å²) in [7, 11) is 1.63. The number of carbonyl (C=O) groups excluding carboxylic acids is 2. The zero-order valence-electron chi connectivity index (χ0n) is 10.9. The van der Waals surface area contributed by atoms with Crippen molar-refractivity contribution < 1.29 is 9.59 Å². The van der Waals surface area contributed by atoms with Crippen LogP contribution < -0.4 is 16.0 Å². The van der Waals surface area contributed by atoms with Crippen molar-refractivity contribution >= 4 is 11.8 Å². The molecular formula is C12H23N3O2. The van der Waals surface area contributed by atoms with Crippen molar-refractivity contribution in [1.82, 2.24) is 16.0 Å². The number of amides is 2. The molecule has 1 aliphatic rings. The lowest BCUT2D eigenvalue weighted by molar-refractivity contribution is -0.129. The maximum atomic E-state index is 11.7. The predicted octanol–water partition coefficient (Wildman–Crippen LogP) is 0.0169. The van der Waals surface area contributed by atoms with Gasteiger partial charge in [0.25, 0.3) is 0 Å². The van der Waals surface area contributed by atoms with E-state index in [9.17, 15) is 9.59 Å². The van der Waals surface area contributed by atoms with E-state index in [2.05, 4.69) is 16.0 Å².